The van der Waals surface area contributed by atoms with Gasteiger partial charge in [-0.15, -0.1) is 0 Å². The number of benzene rings is 1. The average Bonchev–Trinajstić information content (AvgIpc) is 3.07. The van der Waals surface area contributed by atoms with E-state index in [1.54, 1.807) is 10.9 Å². The summed E-state index contributed by atoms with van der Waals surface area (Å²) in [4.78, 5) is 0. The van der Waals surface area contributed by atoms with Gasteiger partial charge in [-0.1, -0.05) is 25.1 Å². The van der Waals surface area contributed by atoms with E-state index in [1.165, 1.54) is 0 Å². The molecule has 3 N–H and O–H groups in total. The highest BCUT2D eigenvalue weighted by molar-refractivity contribution is 5.66. The molecule has 0 saturated heterocycles. The minimum atomic E-state index is 0.679. The van der Waals surface area contributed by atoms with E-state index in [0.717, 1.165) is 29.1 Å². The van der Waals surface area contributed by atoms with Gasteiger partial charge in [0.2, 0.25) is 0 Å². The van der Waals surface area contributed by atoms with Gasteiger partial charge in [0.1, 0.15) is 11.5 Å². The number of nitrogens with zero attached hydrogens (tertiary/aromatic N) is 3. The van der Waals surface area contributed by atoms with E-state index in [-0.39, 0.29) is 0 Å². The lowest BCUT2D eigenvalue weighted by Gasteiger charge is -2.03. The largest absolute Gasteiger partial charge is 0.383 e. The molecule has 96 valence electrons. The van der Waals surface area contributed by atoms with Gasteiger partial charge in [0, 0.05) is 11.8 Å². The zero-order valence-corrected chi connectivity index (χ0v) is 10.7. The van der Waals surface area contributed by atoms with Crippen LogP contribution in [0.15, 0.2) is 42.6 Å². The first-order chi connectivity index (χ1) is 9.31. The first-order valence-electron chi connectivity index (χ1n) is 6.23. The van der Waals surface area contributed by atoms with E-state index in [2.05, 4.69) is 22.2 Å². The molecular weight excluding hydrogens is 238 g/mol. The molecule has 0 spiro atoms. The Balaban J connectivity index is 2.18. The van der Waals surface area contributed by atoms with Crippen LogP contribution in [0.1, 0.15) is 12.5 Å². The maximum Gasteiger partial charge on any atom is 0.131 e. The summed E-state index contributed by atoms with van der Waals surface area (Å²) in [6.07, 6.45) is 2.54. The normalized spacial score (nSPS) is 10.8. The standard InChI is InChI=1S/C14H15N5/c1-2-11-13(12-8-9-16-17-12)18-19(14(11)15)10-6-4-3-5-7-10/h3-9H,2,15H2,1H3,(H,16,17). The number of hydrogen-bond acceptors (Lipinski definition) is 3. The summed E-state index contributed by atoms with van der Waals surface area (Å²) in [5.74, 6) is 0.679. The van der Waals surface area contributed by atoms with Crippen LogP contribution in [-0.2, 0) is 6.42 Å². The molecule has 2 heterocycles. The second-order valence-electron chi connectivity index (χ2n) is 4.28. The lowest BCUT2D eigenvalue weighted by molar-refractivity contribution is 0.891. The second-order valence-corrected chi connectivity index (χ2v) is 4.28. The molecule has 0 fully saturated rings. The molecule has 0 unspecified atom stereocenters. The number of nitrogens with one attached hydrogen (secondary N) is 1. The van der Waals surface area contributed by atoms with Gasteiger partial charge in [-0.3, -0.25) is 5.10 Å². The Kier molecular flexibility index (Phi) is 2.79. The van der Waals surface area contributed by atoms with Crippen molar-refractivity contribution >= 4 is 5.82 Å². The lowest BCUT2D eigenvalue weighted by atomic mass is 10.1. The van der Waals surface area contributed by atoms with Crippen LogP contribution in [0.3, 0.4) is 0 Å². The van der Waals surface area contributed by atoms with E-state index >= 15 is 0 Å². The fourth-order valence-corrected chi connectivity index (χ4v) is 2.18. The first-order valence-corrected chi connectivity index (χ1v) is 6.23. The first kappa shape index (κ1) is 11.5. The molecule has 0 atom stereocenters. The Hall–Kier alpha value is -2.56. The third-order valence-electron chi connectivity index (χ3n) is 3.13. The van der Waals surface area contributed by atoms with Gasteiger partial charge in [-0.05, 0) is 24.6 Å². The summed E-state index contributed by atoms with van der Waals surface area (Å²) < 4.78 is 1.77. The van der Waals surface area contributed by atoms with E-state index < -0.39 is 0 Å². The van der Waals surface area contributed by atoms with Crippen LogP contribution in [-0.4, -0.2) is 20.0 Å². The molecule has 5 nitrogen and oxygen atoms in total. The average molecular weight is 253 g/mol. The minimum absolute atomic E-state index is 0.679. The Morgan fingerprint density at radius 2 is 2.00 bits per heavy atom. The van der Waals surface area contributed by atoms with Gasteiger partial charge in [0.25, 0.3) is 0 Å². The van der Waals surface area contributed by atoms with Gasteiger partial charge >= 0.3 is 0 Å². The van der Waals surface area contributed by atoms with Crippen molar-refractivity contribution < 1.29 is 0 Å². The summed E-state index contributed by atoms with van der Waals surface area (Å²) in [7, 11) is 0. The van der Waals surface area contributed by atoms with Crippen molar-refractivity contribution in [3.63, 3.8) is 0 Å². The maximum atomic E-state index is 6.22. The third-order valence-corrected chi connectivity index (χ3v) is 3.13. The Morgan fingerprint density at radius 3 is 2.63 bits per heavy atom. The Morgan fingerprint density at radius 1 is 1.21 bits per heavy atom. The van der Waals surface area contributed by atoms with Crippen LogP contribution in [0, 0.1) is 0 Å². The SMILES string of the molecule is CCc1c(-c2ccn[nH]2)nn(-c2ccccc2)c1N. The lowest BCUT2D eigenvalue weighted by Crippen LogP contribution is -2.02. The topological polar surface area (TPSA) is 72.5 Å². The van der Waals surface area contributed by atoms with Crippen molar-refractivity contribution in [3.05, 3.63) is 48.2 Å². The predicted octanol–water partition coefficient (Wildman–Crippen LogP) is 2.41. The number of hydrogen-bond donors (Lipinski definition) is 2. The van der Waals surface area contributed by atoms with Crippen LogP contribution >= 0.6 is 0 Å². The van der Waals surface area contributed by atoms with Crippen molar-refractivity contribution in [2.75, 3.05) is 5.73 Å². The minimum Gasteiger partial charge on any atom is -0.383 e. The van der Waals surface area contributed by atoms with Gasteiger partial charge in [0.05, 0.1) is 11.4 Å². The number of anilines is 1. The maximum absolute atomic E-state index is 6.22. The van der Waals surface area contributed by atoms with Gasteiger partial charge in [-0.25, -0.2) is 4.68 Å². The molecule has 5 heteroatoms. The fourth-order valence-electron chi connectivity index (χ4n) is 2.18. The zero-order chi connectivity index (χ0) is 13.2. The number of nitrogen functional groups attached to an aromatic ring is 1. The molecule has 3 rings (SSSR count). The van der Waals surface area contributed by atoms with E-state index in [4.69, 9.17) is 5.73 Å². The molecule has 0 bridgehead atoms. The molecule has 0 saturated carbocycles. The van der Waals surface area contributed by atoms with Crippen LogP contribution in [0.25, 0.3) is 17.1 Å². The monoisotopic (exact) mass is 253 g/mol. The van der Waals surface area contributed by atoms with Crippen molar-refractivity contribution in [1.82, 2.24) is 20.0 Å². The molecule has 0 aliphatic rings. The number of H-pyrrole nitrogens is 1. The number of rotatable bonds is 3. The van der Waals surface area contributed by atoms with Crippen molar-refractivity contribution in [3.8, 4) is 17.1 Å². The molecule has 0 amide bonds. The molecule has 1 aromatic carbocycles. The number of aromatic nitrogens is 4. The van der Waals surface area contributed by atoms with Gasteiger partial charge in [-0.2, -0.15) is 10.2 Å². The van der Waals surface area contributed by atoms with Crippen LogP contribution in [0.4, 0.5) is 5.82 Å². The van der Waals surface area contributed by atoms with Crippen LogP contribution in [0.2, 0.25) is 0 Å². The summed E-state index contributed by atoms with van der Waals surface area (Å²) in [5, 5.41) is 11.5. The van der Waals surface area contributed by atoms with E-state index in [9.17, 15) is 0 Å². The summed E-state index contributed by atoms with van der Waals surface area (Å²) in [6.45, 7) is 2.07. The summed E-state index contributed by atoms with van der Waals surface area (Å²) >= 11 is 0. The van der Waals surface area contributed by atoms with E-state index in [1.807, 2.05) is 36.4 Å². The Labute approximate surface area is 111 Å². The third kappa shape index (κ3) is 1.89. The van der Waals surface area contributed by atoms with Crippen molar-refractivity contribution in [2.24, 2.45) is 0 Å². The number of aromatic amines is 1. The fraction of sp³-hybridized carbons (Fsp3) is 0.143. The van der Waals surface area contributed by atoms with Gasteiger partial charge < -0.3 is 5.73 Å². The quantitative estimate of drug-likeness (QED) is 0.752. The van der Waals surface area contributed by atoms with Crippen molar-refractivity contribution in [2.45, 2.75) is 13.3 Å². The molecule has 3 aromatic rings. The predicted molar refractivity (Wildman–Crippen MR) is 74.9 cm³/mol. The highest BCUT2D eigenvalue weighted by Gasteiger charge is 2.17. The number of nitrogens with two attached hydrogens (primary N) is 1. The molecular formula is C14H15N5. The van der Waals surface area contributed by atoms with E-state index in [0.29, 0.717) is 5.82 Å². The number of para-hydroxylation sites is 1. The smallest absolute Gasteiger partial charge is 0.131 e. The highest BCUT2D eigenvalue weighted by Crippen LogP contribution is 2.28. The molecule has 0 aliphatic carbocycles. The Bertz CT molecular complexity index is 667. The van der Waals surface area contributed by atoms with Crippen LogP contribution < -0.4 is 5.73 Å². The molecule has 2 aromatic heterocycles. The second kappa shape index (κ2) is 4.61. The summed E-state index contributed by atoms with van der Waals surface area (Å²) in [5.41, 5.74) is 9.96. The van der Waals surface area contributed by atoms with Crippen molar-refractivity contribution in [1.29, 1.82) is 0 Å². The van der Waals surface area contributed by atoms with Crippen LogP contribution in [0.5, 0.6) is 0 Å². The summed E-state index contributed by atoms with van der Waals surface area (Å²) in [6, 6.07) is 11.8. The molecule has 19 heavy (non-hydrogen) atoms. The zero-order valence-electron chi connectivity index (χ0n) is 10.7. The molecule has 0 radical (unpaired) electrons. The van der Waals surface area contributed by atoms with Gasteiger partial charge in [0.15, 0.2) is 0 Å². The highest BCUT2D eigenvalue weighted by atomic mass is 15.3. The molecule has 0 aliphatic heterocycles.